The first kappa shape index (κ1) is 12.7. The molecule has 1 fully saturated rings. The van der Waals surface area contributed by atoms with E-state index in [1.165, 1.54) is 4.68 Å². The molecule has 1 aliphatic carbocycles. The van der Waals surface area contributed by atoms with E-state index >= 15 is 0 Å². The fourth-order valence-electron chi connectivity index (χ4n) is 2.32. The average Bonchev–Trinajstić information content (AvgIpc) is 3.07. The van der Waals surface area contributed by atoms with Gasteiger partial charge >= 0.3 is 5.97 Å². The molecule has 0 saturated heterocycles. The van der Waals surface area contributed by atoms with Crippen molar-refractivity contribution in [3.05, 3.63) is 41.9 Å². The summed E-state index contributed by atoms with van der Waals surface area (Å²) < 4.78 is 1.54. The number of carbonyl (C=O) groups is 1. The minimum Gasteiger partial charge on any atom is -0.478 e. The van der Waals surface area contributed by atoms with E-state index in [-0.39, 0.29) is 5.56 Å². The van der Waals surface area contributed by atoms with Crippen molar-refractivity contribution in [1.82, 2.24) is 30.2 Å². The van der Waals surface area contributed by atoms with Crippen LogP contribution in [0.1, 0.15) is 34.9 Å². The maximum absolute atomic E-state index is 11.5. The second-order valence-corrected chi connectivity index (χ2v) is 5.16. The van der Waals surface area contributed by atoms with Crippen molar-refractivity contribution in [3.63, 3.8) is 0 Å². The first-order chi connectivity index (χ1) is 10.7. The number of aromatic nitrogens is 6. The first-order valence-electron chi connectivity index (χ1n) is 6.90. The highest BCUT2D eigenvalue weighted by molar-refractivity contribution is 5.92. The van der Waals surface area contributed by atoms with Crippen LogP contribution in [0, 0.1) is 0 Å². The predicted octanol–water partition coefficient (Wildman–Crippen LogP) is 1.63. The number of benzene rings is 1. The maximum atomic E-state index is 11.5. The lowest BCUT2D eigenvalue weighted by Gasteiger charge is -2.07. The summed E-state index contributed by atoms with van der Waals surface area (Å²) in [6, 6.07) is 6.70. The molecule has 1 saturated carbocycles. The zero-order valence-corrected chi connectivity index (χ0v) is 11.5. The number of nitrogens with one attached hydrogen (secondary N) is 1. The molecule has 2 N–H and O–H groups in total. The summed E-state index contributed by atoms with van der Waals surface area (Å²) in [5.41, 5.74) is 1.16. The molecule has 0 radical (unpaired) electrons. The van der Waals surface area contributed by atoms with Crippen molar-refractivity contribution in [2.75, 3.05) is 0 Å². The zero-order valence-electron chi connectivity index (χ0n) is 11.5. The molecule has 0 unspecified atom stereocenters. The molecule has 2 heterocycles. The summed E-state index contributed by atoms with van der Waals surface area (Å²) in [4.78, 5) is 16.0. The lowest BCUT2D eigenvalue weighted by molar-refractivity contribution is 0.0697. The molecule has 0 amide bonds. The Hall–Kier alpha value is -3.03. The van der Waals surface area contributed by atoms with Gasteiger partial charge in [0.2, 0.25) is 0 Å². The van der Waals surface area contributed by atoms with E-state index in [4.69, 9.17) is 0 Å². The molecule has 0 aliphatic heterocycles. The third-order valence-corrected chi connectivity index (χ3v) is 3.57. The first-order valence-corrected chi connectivity index (χ1v) is 6.90. The van der Waals surface area contributed by atoms with Gasteiger partial charge in [0.15, 0.2) is 11.6 Å². The number of carboxylic acid groups (broad SMARTS) is 1. The Morgan fingerprint density at radius 1 is 1.32 bits per heavy atom. The second kappa shape index (κ2) is 4.76. The fourth-order valence-corrected chi connectivity index (χ4v) is 2.32. The van der Waals surface area contributed by atoms with E-state index in [0.29, 0.717) is 23.1 Å². The molecule has 0 atom stereocenters. The van der Waals surface area contributed by atoms with E-state index in [0.717, 1.165) is 18.7 Å². The van der Waals surface area contributed by atoms with Gasteiger partial charge in [0, 0.05) is 5.92 Å². The standard InChI is InChI=1S/C14H12N6O2/c21-14(22)9-3-1-2-4-11(9)20-13(10-7-15-19-17-10)16-12(18-20)8-5-6-8/h1-4,7-8H,5-6H2,(H,21,22)(H,15,17,19). The minimum atomic E-state index is -1.01. The molecule has 1 aromatic carbocycles. The van der Waals surface area contributed by atoms with Crippen molar-refractivity contribution in [1.29, 1.82) is 0 Å². The number of carboxylic acids is 1. The average molecular weight is 296 g/mol. The van der Waals surface area contributed by atoms with Crippen molar-refractivity contribution in [3.8, 4) is 17.2 Å². The summed E-state index contributed by atoms with van der Waals surface area (Å²) >= 11 is 0. The van der Waals surface area contributed by atoms with Gasteiger partial charge in [-0.3, -0.25) is 0 Å². The van der Waals surface area contributed by atoms with Crippen LogP contribution in [0.4, 0.5) is 0 Å². The summed E-state index contributed by atoms with van der Waals surface area (Å²) in [7, 11) is 0. The Morgan fingerprint density at radius 2 is 2.14 bits per heavy atom. The van der Waals surface area contributed by atoms with Gasteiger partial charge in [-0.05, 0) is 25.0 Å². The Labute approximate surface area is 124 Å². The third-order valence-electron chi connectivity index (χ3n) is 3.57. The number of aromatic amines is 1. The van der Waals surface area contributed by atoms with Crippen molar-refractivity contribution in [2.45, 2.75) is 18.8 Å². The highest BCUT2D eigenvalue weighted by atomic mass is 16.4. The molecule has 0 bridgehead atoms. The Bertz CT molecular complexity index is 835. The minimum absolute atomic E-state index is 0.166. The molecule has 22 heavy (non-hydrogen) atoms. The molecule has 3 aromatic rings. The summed E-state index contributed by atoms with van der Waals surface area (Å²) in [5, 5.41) is 24.2. The Morgan fingerprint density at radius 3 is 2.82 bits per heavy atom. The van der Waals surface area contributed by atoms with Gasteiger partial charge in [0.25, 0.3) is 0 Å². The molecule has 1 aliphatic rings. The highest BCUT2D eigenvalue weighted by Crippen LogP contribution is 2.39. The Balaban J connectivity index is 1.93. The van der Waals surface area contributed by atoms with E-state index < -0.39 is 5.97 Å². The van der Waals surface area contributed by atoms with Crippen LogP contribution in [0.2, 0.25) is 0 Å². The molecule has 2 aromatic heterocycles. The van der Waals surface area contributed by atoms with Gasteiger partial charge in [-0.2, -0.15) is 20.5 Å². The van der Waals surface area contributed by atoms with Crippen LogP contribution < -0.4 is 0 Å². The summed E-state index contributed by atoms with van der Waals surface area (Å²) in [6.07, 6.45) is 3.66. The topological polar surface area (TPSA) is 110 Å². The largest absolute Gasteiger partial charge is 0.478 e. The molecule has 110 valence electrons. The Kier molecular flexibility index (Phi) is 2.75. The molecule has 8 heteroatoms. The van der Waals surface area contributed by atoms with E-state index in [2.05, 4.69) is 25.5 Å². The van der Waals surface area contributed by atoms with E-state index in [1.54, 1.807) is 30.5 Å². The molecular weight excluding hydrogens is 284 g/mol. The summed E-state index contributed by atoms with van der Waals surface area (Å²) in [5.74, 6) is 0.552. The number of aromatic carboxylic acids is 1. The van der Waals surface area contributed by atoms with Crippen molar-refractivity contribution in [2.24, 2.45) is 0 Å². The smallest absolute Gasteiger partial charge is 0.337 e. The zero-order chi connectivity index (χ0) is 15.1. The van der Waals surface area contributed by atoms with E-state index in [1.807, 2.05) is 0 Å². The third kappa shape index (κ3) is 2.05. The number of H-pyrrole nitrogens is 1. The van der Waals surface area contributed by atoms with Gasteiger partial charge < -0.3 is 5.11 Å². The van der Waals surface area contributed by atoms with Gasteiger partial charge in [-0.25, -0.2) is 14.5 Å². The molecule has 8 nitrogen and oxygen atoms in total. The molecule has 0 spiro atoms. The fraction of sp³-hybridized carbons (Fsp3) is 0.214. The van der Waals surface area contributed by atoms with Crippen LogP contribution in [-0.4, -0.2) is 41.3 Å². The number of nitrogens with zero attached hydrogens (tertiary/aromatic N) is 5. The number of para-hydroxylation sites is 1. The van der Waals surface area contributed by atoms with Crippen LogP contribution in [0.25, 0.3) is 17.2 Å². The number of rotatable bonds is 4. The highest BCUT2D eigenvalue weighted by Gasteiger charge is 2.30. The van der Waals surface area contributed by atoms with Gasteiger partial charge in [0.1, 0.15) is 5.69 Å². The van der Waals surface area contributed by atoms with Crippen LogP contribution in [0.3, 0.4) is 0 Å². The molecular formula is C14H12N6O2. The lowest BCUT2D eigenvalue weighted by atomic mass is 10.2. The number of hydrogen-bond donors (Lipinski definition) is 2. The second-order valence-electron chi connectivity index (χ2n) is 5.16. The van der Waals surface area contributed by atoms with Crippen molar-refractivity contribution >= 4 is 5.97 Å². The quantitative estimate of drug-likeness (QED) is 0.757. The monoisotopic (exact) mass is 296 g/mol. The SMILES string of the molecule is O=C(O)c1ccccc1-n1nc(C2CC2)nc1-c1cn[nH]n1. The van der Waals surface area contributed by atoms with Crippen LogP contribution in [-0.2, 0) is 0 Å². The number of hydrogen-bond acceptors (Lipinski definition) is 5. The normalized spacial score (nSPS) is 14.2. The summed E-state index contributed by atoms with van der Waals surface area (Å²) in [6.45, 7) is 0. The molecule has 4 rings (SSSR count). The van der Waals surface area contributed by atoms with Crippen molar-refractivity contribution < 1.29 is 9.90 Å². The van der Waals surface area contributed by atoms with Gasteiger partial charge in [-0.15, -0.1) is 0 Å². The van der Waals surface area contributed by atoms with E-state index in [9.17, 15) is 9.90 Å². The van der Waals surface area contributed by atoms with Gasteiger partial charge in [-0.1, -0.05) is 12.1 Å². The lowest BCUT2D eigenvalue weighted by Crippen LogP contribution is -2.08. The van der Waals surface area contributed by atoms with Crippen LogP contribution in [0.5, 0.6) is 0 Å². The van der Waals surface area contributed by atoms with Gasteiger partial charge in [0.05, 0.1) is 17.4 Å². The van der Waals surface area contributed by atoms with Crippen LogP contribution in [0.15, 0.2) is 30.5 Å². The predicted molar refractivity (Wildman–Crippen MR) is 75.7 cm³/mol. The van der Waals surface area contributed by atoms with Crippen LogP contribution >= 0.6 is 0 Å². The maximum Gasteiger partial charge on any atom is 0.337 e.